The summed E-state index contributed by atoms with van der Waals surface area (Å²) >= 11 is 0. The molecule has 0 radical (unpaired) electrons. The molecular weight excluding hydrogens is 238 g/mol. The molecule has 0 spiro atoms. The summed E-state index contributed by atoms with van der Waals surface area (Å²) < 4.78 is 0. The summed E-state index contributed by atoms with van der Waals surface area (Å²) in [4.78, 5) is 21.0. The zero-order valence-corrected chi connectivity index (χ0v) is 11.0. The summed E-state index contributed by atoms with van der Waals surface area (Å²) in [5, 5.41) is 0. The summed E-state index contributed by atoms with van der Waals surface area (Å²) in [6, 6.07) is 8.75. The molecule has 0 aliphatic carbocycles. The molecule has 98 valence electrons. The van der Waals surface area contributed by atoms with E-state index >= 15 is 0 Å². The van der Waals surface area contributed by atoms with Gasteiger partial charge in [0.1, 0.15) is 0 Å². The number of nitrogens with one attached hydrogen (secondary N) is 1. The van der Waals surface area contributed by atoms with Crippen LogP contribution in [-0.2, 0) is 0 Å². The molecule has 1 aromatic heterocycles. The van der Waals surface area contributed by atoms with Gasteiger partial charge in [-0.2, -0.15) is 0 Å². The van der Waals surface area contributed by atoms with Crippen molar-refractivity contribution in [2.45, 2.75) is 25.8 Å². The van der Waals surface area contributed by atoms with Crippen LogP contribution in [0.1, 0.15) is 30.0 Å². The van der Waals surface area contributed by atoms with Gasteiger partial charge in [-0.1, -0.05) is 29.8 Å². The van der Waals surface area contributed by atoms with E-state index in [0.717, 1.165) is 19.4 Å². The van der Waals surface area contributed by atoms with Crippen LogP contribution in [0.15, 0.2) is 41.5 Å². The van der Waals surface area contributed by atoms with Crippen molar-refractivity contribution in [3.05, 3.63) is 58.1 Å². The molecule has 0 amide bonds. The van der Waals surface area contributed by atoms with Gasteiger partial charge in [0, 0.05) is 18.9 Å². The zero-order valence-electron chi connectivity index (χ0n) is 11.0. The molecule has 0 saturated carbocycles. The molecule has 2 aromatic rings. The number of anilines is 1. The highest BCUT2D eigenvalue weighted by Gasteiger charge is 2.28. The lowest BCUT2D eigenvalue weighted by Crippen LogP contribution is -2.29. The van der Waals surface area contributed by atoms with Crippen molar-refractivity contribution in [2.24, 2.45) is 0 Å². The van der Waals surface area contributed by atoms with Crippen LogP contribution in [-0.4, -0.2) is 16.5 Å². The molecule has 4 heteroatoms. The fraction of sp³-hybridized carbons (Fsp3) is 0.333. The Balaban J connectivity index is 1.99. The van der Waals surface area contributed by atoms with E-state index in [1.54, 1.807) is 12.4 Å². The standard InChI is InChI=1S/C15H17N3O/c1-11-4-2-5-12(10-11)13-6-3-9-18(13)14-15(19)17-8-7-16-14/h2,4-5,7-8,10,13H,3,6,9H2,1H3,(H,17,19). The number of hydrogen-bond donors (Lipinski definition) is 1. The van der Waals surface area contributed by atoms with Crippen molar-refractivity contribution in [3.8, 4) is 0 Å². The van der Waals surface area contributed by atoms with E-state index in [1.165, 1.54) is 11.1 Å². The largest absolute Gasteiger partial charge is 0.345 e. The fourth-order valence-electron chi connectivity index (χ4n) is 2.79. The van der Waals surface area contributed by atoms with Gasteiger partial charge in [-0.25, -0.2) is 4.98 Å². The predicted molar refractivity (Wildman–Crippen MR) is 75.4 cm³/mol. The van der Waals surface area contributed by atoms with Crippen LogP contribution >= 0.6 is 0 Å². The van der Waals surface area contributed by atoms with Crippen molar-refractivity contribution in [3.63, 3.8) is 0 Å². The Hall–Kier alpha value is -2.10. The molecule has 1 saturated heterocycles. The average Bonchev–Trinajstić information content (AvgIpc) is 2.88. The zero-order chi connectivity index (χ0) is 13.2. The van der Waals surface area contributed by atoms with E-state index in [4.69, 9.17) is 0 Å². The van der Waals surface area contributed by atoms with Gasteiger partial charge in [0.25, 0.3) is 5.56 Å². The molecule has 3 rings (SSSR count). The van der Waals surface area contributed by atoms with Gasteiger partial charge in [-0.05, 0) is 25.3 Å². The number of aryl methyl sites for hydroxylation is 1. The molecule has 4 nitrogen and oxygen atoms in total. The minimum absolute atomic E-state index is 0.109. The Morgan fingerprint density at radius 2 is 2.32 bits per heavy atom. The Labute approximate surface area is 112 Å². The second-order valence-electron chi connectivity index (χ2n) is 5.01. The molecule has 1 aliphatic rings. The average molecular weight is 255 g/mol. The molecule has 1 N–H and O–H groups in total. The van der Waals surface area contributed by atoms with E-state index in [9.17, 15) is 4.79 Å². The van der Waals surface area contributed by atoms with Gasteiger partial charge in [0.05, 0.1) is 6.04 Å². The SMILES string of the molecule is Cc1cccc(C2CCCN2c2ncc[nH]c2=O)c1. The highest BCUT2D eigenvalue weighted by Crippen LogP contribution is 2.33. The number of nitrogens with zero attached hydrogens (tertiary/aromatic N) is 2. The van der Waals surface area contributed by atoms with Crippen molar-refractivity contribution >= 4 is 5.82 Å². The third-order valence-corrected chi connectivity index (χ3v) is 3.64. The molecule has 1 aliphatic heterocycles. The van der Waals surface area contributed by atoms with Crippen LogP contribution < -0.4 is 10.5 Å². The number of benzene rings is 1. The first-order valence-corrected chi connectivity index (χ1v) is 6.62. The smallest absolute Gasteiger partial charge is 0.290 e. The van der Waals surface area contributed by atoms with Gasteiger partial charge in [0.15, 0.2) is 5.82 Å². The van der Waals surface area contributed by atoms with E-state index < -0.39 is 0 Å². The highest BCUT2D eigenvalue weighted by atomic mass is 16.1. The fourth-order valence-corrected chi connectivity index (χ4v) is 2.79. The Kier molecular flexibility index (Phi) is 3.07. The minimum atomic E-state index is -0.109. The maximum Gasteiger partial charge on any atom is 0.290 e. The van der Waals surface area contributed by atoms with E-state index in [1.807, 2.05) is 0 Å². The van der Waals surface area contributed by atoms with Crippen molar-refractivity contribution < 1.29 is 0 Å². The summed E-state index contributed by atoms with van der Waals surface area (Å²) in [7, 11) is 0. The third-order valence-electron chi connectivity index (χ3n) is 3.64. The molecular formula is C15H17N3O. The molecule has 1 unspecified atom stereocenters. The van der Waals surface area contributed by atoms with E-state index in [-0.39, 0.29) is 11.6 Å². The second kappa shape index (κ2) is 4.88. The lowest BCUT2D eigenvalue weighted by Gasteiger charge is -2.25. The van der Waals surface area contributed by atoms with Crippen LogP contribution in [0.5, 0.6) is 0 Å². The van der Waals surface area contributed by atoms with Gasteiger partial charge in [-0.3, -0.25) is 4.79 Å². The molecule has 1 fully saturated rings. The monoisotopic (exact) mass is 255 g/mol. The number of rotatable bonds is 2. The number of aromatic amines is 1. The molecule has 19 heavy (non-hydrogen) atoms. The first kappa shape index (κ1) is 12.0. The molecule has 2 heterocycles. The predicted octanol–water partition coefficient (Wildman–Crippen LogP) is 2.42. The van der Waals surface area contributed by atoms with Crippen LogP contribution in [0.2, 0.25) is 0 Å². The van der Waals surface area contributed by atoms with E-state index in [2.05, 4.69) is 46.1 Å². The van der Waals surface area contributed by atoms with Crippen molar-refractivity contribution in [1.82, 2.24) is 9.97 Å². The topological polar surface area (TPSA) is 49.0 Å². The normalized spacial score (nSPS) is 18.8. The Morgan fingerprint density at radius 1 is 1.42 bits per heavy atom. The van der Waals surface area contributed by atoms with Gasteiger partial charge in [-0.15, -0.1) is 0 Å². The van der Waals surface area contributed by atoms with Crippen LogP contribution in [0, 0.1) is 6.92 Å². The van der Waals surface area contributed by atoms with Crippen molar-refractivity contribution in [1.29, 1.82) is 0 Å². The van der Waals surface area contributed by atoms with Gasteiger partial charge in [0.2, 0.25) is 0 Å². The quantitative estimate of drug-likeness (QED) is 0.896. The first-order valence-electron chi connectivity index (χ1n) is 6.62. The number of hydrogen-bond acceptors (Lipinski definition) is 3. The van der Waals surface area contributed by atoms with Crippen LogP contribution in [0.3, 0.4) is 0 Å². The third kappa shape index (κ3) is 2.26. The maximum atomic E-state index is 11.9. The summed E-state index contributed by atoms with van der Waals surface area (Å²) in [6.07, 6.45) is 5.38. The minimum Gasteiger partial charge on any atom is -0.345 e. The van der Waals surface area contributed by atoms with Crippen LogP contribution in [0.4, 0.5) is 5.82 Å². The second-order valence-corrected chi connectivity index (χ2v) is 5.01. The summed E-state index contributed by atoms with van der Waals surface area (Å²) in [5.41, 5.74) is 2.41. The molecule has 1 atom stereocenters. The summed E-state index contributed by atoms with van der Waals surface area (Å²) in [6.45, 7) is 2.98. The number of H-pyrrole nitrogens is 1. The van der Waals surface area contributed by atoms with Crippen molar-refractivity contribution in [2.75, 3.05) is 11.4 Å². The van der Waals surface area contributed by atoms with E-state index in [0.29, 0.717) is 5.82 Å². The van der Waals surface area contributed by atoms with Gasteiger partial charge < -0.3 is 9.88 Å². The molecule has 1 aromatic carbocycles. The maximum absolute atomic E-state index is 11.9. The Morgan fingerprint density at radius 3 is 3.11 bits per heavy atom. The lowest BCUT2D eigenvalue weighted by molar-refractivity contribution is 0.706. The number of aromatic nitrogens is 2. The first-order chi connectivity index (χ1) is 9.25. The lowest BCUT2D eigenvalue weighted by atomic mass is 10.0. The van der Waals surface area contributed by atoms with Crippen LogP contribution in [0.25, 0.3) is 0 Å². The molecule has 0 bridgehead atoms. The van der Waals surface area contributed by atoms with Gasteiger partial charge >= 0.3 is 0 Å². The Bertz CT molecular complexity index is 635. The highest BCUT2D eigenvalue weighted by molar-refractivity contribution is 5.42. The summed E-state index contributed by atoms with van der Waals surface area (Å²) in [5.74, 6) is 0.534.